The molecule has 0 amide bonds. The lowest BCUT2D eigenvalue weighted by Crippen LogP contribution is -2.40. The molecule has 3 nitrogen and oxygen atoms in total. The Morgan fingerprint density at radius 2 is 1.41 bits per heavy atom. The summed E-state index contributed by atoms with van der Waals surface area (Å²) in [4.78, 5) is 0. The molecule has 0 saturated carbocycles. The van der Waals surface area contributed by atoms with Crippen molar-refractivity contribution in [1.29, 1.82) is 0 Å². The van der Waals surface area contributed by atoms with Crippen LogP contribution in [0.25, 0.3) is 0 Å². The van der Waals surface area contributed by atoms with E-state index in [4.69, 9.17) is 14.6 Å². The van der Waals surface area contributed by atoms with Crippen LogP contribution in [-0.2, 0) is 8.85 Å². The van der Waals surface area contributed by atoms with Crippen LogP contribution in [0.5, 0.6) is 0 Å². The Kier molecular flexibility index (Phi) is 10.1. The van der Waals surface area contributed by atoms with Gasteiger partial charge in [-0.25, -0.2) is 0 Å². The smallest absolute Gasteiger partial charge is 0.337 e. The van der Waals surface area contributed by atoms with Crippen LogP contribution in [0.3, 0.4) is 0 Å². The van der Waals surface area contributed by atoms with Crippen LogP contribution < -0.4 is 5.73 Å². The number of nitrogens with two attached hydrogens (primary N) is 1. The lowest BCUT2D eigenvalue weighted by Gasteiger charge is -2.29. The van der Waals surface area contributed by atoms with Crippen LogP contribution in [0.15, 0.2) is 0 Å². The zero-order chi connectivity index (χ0) is 13.1. The third-order valence-electron chi connectivity index (χ3n) is 3.80. The summed E-state index contributed by atoms with van der Waals surface area (Å²) in [5, 5.41) is 0. The average Bonchev–Trinajstić information content (AvgIpc) is 2.36. The molecule has 0 saturated heterocycles. The molecule has 0 aromatic carbocycles. The van der Waals surface area contributed by atoms with Gasteiger partial charge in [0, 0.05) is 14.2 Å². The third-order valence-corrected chi connectivity index (χ3v) is 7.50. The molecule has 0 heterocycles. The van der Waals surface area contributed by atoms with E-state index in [1.165, 1.54) is 44.9 Å². The largest absolute Gasteiger partial charge is 0.398 e. The summed E-state index contributed by atoms with van der Waals surface area (Å²) < 4.78 is 11.1. The minimum absolute atomic E-state index is 0.571. The number of unbranched alkanes of at least 4 members (excludes halogenated alkanes) is 5. The van der Waals surface area contributed by atoms with Gasteiger partial charge in [0.05, 0.1) is 0 Å². The molecule has 104 valence electrons. The van der Waals surface area contributed by atoms with Crippen molar-refractivity contribution in [2.24, 2.45) is 5.73 Å². The topological polar surface area (TPSA) is 44.5 Å². The van der Waals surface area contributed by atoms with Gasteiger partial charge < -0.3 is 14.6 Å². The van der Waals surface area contributed by atoms with Crippen molar-refractivity contribution in [3.8, 4) is 0 Å². The molecular formula is C13H31NO2Si. The molecule has 1 unspecified atom stereocenters. The van der Waals surface area contributed by atoms with Crippen LogP contribution in [0.2, 0.25) is 12.1 Å². The number of rotatable bonds is 11. The van der Waals surface area contributed by atoms with Gasteiger partial charge >= 0.3 is 8.56 Å². The number of hydrogen-bond donors (Lipinski definition) is 1. The van der Waals surface area contributed by atoms with E-state index in [0.29, 0.717) is 5.54 Å². The Balaban J connectivity index is 3.54. The van der Waals surface area contributed by atoms with Gasteiger partial charge in [0.25, 0.3) is 0 Å². The summed E-state index contributed by atoms with van der Waals surface area (Å²) in [6, 6.07) is 0. The standard InChI is InChI=1S/C13H31NO2Si/c1-13(17(4,15-2)16-3)11-9-7-5-6-8-10-12-14/h13H,5-12,14H2,1-4H3. The first kappa shape index (κ1) is 17.1. The second-order valence-electron chi connectivity index (χ2n) is 5.02. The van der Waals surface area contributed by atoms with Crippen molar-refractivity contribution in [2.45, 2.75) is 64.0 Å². The van der Waals surface area contributed by atoms with Gasteiger partial charge in [-0.05, 0) is 31.5 Å². The van der Waals surface area contributed by atoms with E-state index in [-0.39, 0.29) is 0 Å². The summed E-state index contributed by atoms with van der Waals surface area (Å²) in [6.45, 7) is 5.25. The van der Waals surface area contributed by atoms with E-state index < -0.39 is 8.56 Å². The van der Waals surface area contributed by atoms with Crippen molar-refractivity contribution in [3.63, 3.8) is 0 Å². The molecule has 17 heavy (non-hydrogen) atoms. The zero-order valence-electron chi connectivity index (χ0n) is 12.1. The molecule has 1 atom stereocenters. The van der Waals surface area contributed by atoms with Gasteiger partial charge in [0.1, 0.15) is 0 Å². The average molecular weight is 261 g/mol. The summed E-state index contributed by atoms with van der Waals surface area (Å²) in [7, 11) is 1.66. The molecule has 0 fully saturated rings. The Labute approximate surface area is 108 Å². The predicted octanol–water partition coefficient (Wildman–Crippen LogP) is 3.43. The fourth-order valence-corrected chi connectivity index (χ4v) is 3.75. The Hall–Kier alpha value is 0.0969. The molecule has 4 heteroatoms. The normalized spacial score (nSPS) is 13.9. The van der Waals surface area contributed by atoms with Gasteiger partial charge in [-0.3, -0.25) is 0 Å². The maximum absolute atomic E-state index is 5.56. The van der Waals surface area contributed by atoms with E-state index in [1.807, 2.05) is 0 Å². The minimum Gasteiger partial charge on any atom is -0.398 e. The summed E-state index contributed by atoms with van der Waals surface area (Å²) in [6.07, 6.45) is 8.97. The van der Waals surface area contributed by atoms with E-state index >= 15 is 0 Å². The minimum atomic E-state index is -1.90. The van der Waals surface area contributed by atoms with Crippen LogP contribution in [0.1, 0.15) is 51.9 Å². The van der Waals surface area contributed by atoms with E-state index in [0.717, 1.165) is 6.54 Å². The molecule has 0 bridgehead atoms. The SMILES string of the molecule is CO[Si](C)(OC)C(C)CCCCCCCCN. The predicted molar refractivity (Wildman–Crippen MR) is 76.4 cm³/mol. The van der Waals surface area contributed by atoms with E-state index in [9.17, 15) is 0 Å². The maximum Gasteiger partial charge on any atom is 0.337 e. The maximum atomic E-state index is 5.56. The Morgan fingerprint density at radius 1 is 0.941 bits per heavy atom. The first-order valence-electron chi connectivity index (χ1n) is 6.91. The van der Waals surface area contributed by atoms with Crippen molar-refractivity contribution >= 4 is 8.56 Å². The molecule has 0 aliphatic carbocycles. The Bertz CT molecular complexity index is 175. The summed E-state index contributed by atoms with van der Waals surface area (Å²) >= 11 is 0. The molecule has 0 spiro atoms. The van der Waals surface area contributed by atoms with Crippen molar-refractivity contribution < 1.29 is 8.85 Å². The van der Waals surface area contributed by atoms with Crippen LogP contribution in [0.4, 0.5) is 0 Å². The monoisotopic (exact) mass is 261 g/mol. The van der Waals surface area contributed by atoms with E-state index in [1.54, 1.807) is 14.2 Å². The molecule has 0 aliphatic heterocycles. The highest BCUT2D eigenvalue weighted by Crippen LogP contribution is 2.28. The molecular weight excluding hydrogens is 230 g/mol. The lowest BCUT2D eigenvalue weighted by atomic mass is 10.1. The highest BCUT2D eigenvalue weighted by molar-refractivity contribution is 6.67. The van der Waals surface area contributed by atoms with Gasteiger partial charge in [0.15, 0.2) is 0 Å². The Morgan fingerprint density at radius 3 is 1.88 bits per heavy atom. The van der Waals surface area contributed by atoms with Gasteiger partial charge in [-0.15, -0.1) is 0 Å². The lowest BCUT2D eigenvalue weighted by molar-refractivity contribution is 0.235. The molecule has 0 aromatic heterocycles. The molecule has 2 N–H and O–H groups in total. The van der Waals surface area contributed by atoms with Gasteiger partial charge in [0.2, 0.25) is 0 Å². The van der Waals surface area contributed by atoms with Crippen LogP contribution in [0, 0.1) is 0 Å². The van der Waals surface area contributed by atoms with Gasteiger partial charge in [-0.2, -0.15) is 0 Å². The fraction of sp³-hybridized carbons (Fsp3) is 1.00. The molecule has 0 rings (SSSR count). The number of hydrogen-bond acceptors (Lipinski definition) is 3. The van der Waals surface area contributed by atoms with Crippen molar-refractivity contribution in [1.82, 2.24) is 0 Å². The fourth-order valence-electron chi connectivity index (χ4n) is 2.05. The summed E-state index contributed by atoms with van der Waals surface area (Å²) in [5.41, 5.74) is 6.04. The quantitative estimate of drug-likeness (QED) is 0.458. The van der Waals surface area contributed by atoms with Crippen LogP contribution >= 0.6 is 0 Å². The second-order valence-corrected chi connectivity index (χ2v) is 8.86. The van der Waals surface area contributed by atoms with Crippen molar-refractivity contribution in [2.75, 3.05) is 20.8 Å². The highest BCUT2D eigenvalue weighted by atomic mass is 28.4. The first-order valence-corrected chi connectivity index (χ1v) is 9.30. The molecule has 0 radical (unpaired) electrons. The molecule has 0 aliphatic rings. The summed E-state index contributed by atoms with van der Waals surface area (Å²) in [5.74, 6) is 0. The van der Waals surface area contributed by atoms with E-state index in [2.05, 4.69) is 13.5 Å². The molecule has 0 aromatic rings. The van der Waals surface area contributed by atoms with Crippen molar-refractivity contribution in [3.05, 3.63) is 0 Å². The third kappa shape index (κ3) is 7.19. The van der Waals surface area contributed by atoms with Crippen LogP contribution in [-0.4, -0.2) is 29.3 Å². The van der Waals surface area contributed by atoms with Gasteiger partial charge in [-0.1, -0.05) is 39.0 Å². The second kappa shape index (κ2) is 10.1. The first-order chi connectivity index (χ1) is 8.10. The highest BCUT2D eigenvalue weighted by Gasteiger charge is 2.35. The zero-order valence-corrected chi connectivity index (χ0v) is 13.1.